The van der Waals surface area contributed by atoms with Gasteiger partial charge in [0, 0.05) is 18.7 Å². The number of nitrogens with zero attached hydrogens (tertiary/aromatic N) is 3. The monoisotopic (exact) mass is 419 g/mol. The summed E-state index contributed by atoms with van der Waals surface area (Å²) in [6.07, 6.45) is 1.85. The Kier molecular flexibility index (Phi) is 6.04. The summed E-state index contributed by atoms with van der Waals surface area (Å²) in [5, 5.41) is 24.7. The Morgan fingerprint density at radius 3 is 2.66 bits per heavy atom. The molecule has 2 aromatic rings. The summed E-state index contributed by atoms with van der Waals surface area (Å²) in [6.45, 7) is 0.150. The smallest absolute Gasteiger partial charge is 0.285 e. The fraction of sp³-hybridized carbons (Fsp3) is 0.263. The topological polar surface area (TPSA) is 121 Å². The van der Waals surface area contributed by atoms with E-state index in [1.165, 1.54) is 37.6 Å². The number of sulfonamides is 1. The van der Waals surface area contributed by atoms with Crippen LogP contribution in [0.3, 0.4) is 0 Å². The van der Waals surface area contributed by atoms with Crippen LogP contribution in [0.2, 0.25) is 0 Å². The zero-order chi connectivity index (χ0) is 21.0. The van der Waals surface area contributed by atoms with Crippen molar-refractivity contribution in [1.82, 2.24) is 5.01 Å². The first-order chi connectivity index (χ1) is 13.9. The number of hydrazone groups is 1. The fourth-order valence-corrected chi connectivity index (χ4v) is 3.97. The van der Waals surface area contributed by atoms with E-state index in [0.29, 0.717) is 23.3 Å². The molecule has 1 aliphatic heterocycles. The normalized spacial score (nSPS) is 14.5. The van der Waals surface area contributed by atoms with E-state index in [1.54, 1.807) is 24.3 Å². The Morgan fingerprint density at radius 2 is 1.97 bits per heavy atom. The molecule has 154 valence electrons. The maximum absolute atomic E-state index is 12.4. The molecule has 1 aliphatic rings. The highest BCUT2D eigenvalue weighted by atomic mass is 32.2. The molecule has 0 spiro atoms. The highest BCUT2D eigenvalue weighted by Crippen LogP contribution is 2.31. The molecule has 10 heteroatoms. The first-order valence-corrected chi connectivity index (χ1v) is 10.2. The summed E-state index contributed by atoms with van der Waals surface area (Å²) in [5.41, 5.74) is 1.00. The average Bonchev–Trinajstić information content (AvgIpc) is 2.99. The molecule has 29 heavy (non-hydrogen) atoms. The third kappa shape index (κ3) is 4.33. The van der Waals surface area contributed by atoms with Crippen LogP contribution in [0.25, 0.3) is 0 Å². The Bertz CT molecular complexity index is 1070. The lowest BCUT2D eigenvalue weighted by Gasteiger charge is -2.18. The molecule has 0 saturated heterocycles. The van der Waals surface area contributed by atoms with Gasteiger partial charge in [0.15, 0.2) is 17.3 Å². The van der Waals surface area contributed by atoms with Crippen molar-refractivity contribution >= 4 is 22.1 Å². The largest absolute Gasteiger partial charge is 0.504 e. The Balaban J connectivity index is 2.00. The molecular weight excluding hydrogens is 398 g/mol. The fourth-order valence-electron chi connectivity index (χ4n) is 2.78. The molecular formula is C19H21N3O6S. The molecule has 0 bridgehead atoms. The lowest BCUT2D eigenvalue weighted by atomic mass is 10.2. The van der Waals surface area contributed by atoms with Gasteiger partial charge < -0.3 is 19.7 Å². The SMILES string of the molecule is COc1ccc2c(c1)C(N(CCCO)N=Cc1ccc(O)c(OC)c1)=NS2(=O)=O. The third-order valence-corrected chi connectivity index (χ3v) is 5.56. The lowest BCUT2D eigenvalue weighted by molar-refractivity contribution is 0.269. The van der Waals surface area contributed by atoms with Gasteiger partial charge >= 0.3 is 0 Å². The summed E-state index contributed by atoms with van der Waals surface area (Å²) in [4.78, 5) is 0.0730. The molecule has 0 unspecified atom stereocenters. The van der Waals surface area contributed by atoms with Gasteiger partial charge in [-0.25, -0.2) is 5.01 Å². The Morgan fingerprint density at radius 1 is 1.17 bits per heavy atom. The van der Waals surface area contributed by atoms with Gasteiger partial charge in [-0.3, -0.25) is 0 Å². The van der Waals surface area contributed by atoms with Crippen molar-refractivity contribution in [2.45, 2.75) is 11.3 Å². The minimum absolute atomic E-state index is 0.00549. The minimum atomic E-state index is -3.85. The van der Waals surface area contributed by atoms with Crippen molar-refractivity contribution in [1.29, 1.82) is 0 Å². The van der Waals surface area contributed by atoms with Crippen LogP contribution in [-0.4, -0.2) is 63.1 Å². The number of methoxy groups -OCH3 is 2. The van der Waals surface area contributed by atoms with E-state index >= 15 is 0 Å². The van der Waals surface area contributed by atoms with Crippen molar-refractivity contribution < 1.29 is 28.1 Å². The van der Waals surface area contributed by atoms with Crippen LogP contribution in [0, 0.1) is 0 Å². The number of phenols is 1. The van der Waals surface area contributed by atoms with Crippen LogP contribution in [0.5, 0.6) is 17.2 Å². The van der Waals surface area contributed by atoms with Gasteiger partial charge in [0.05, 0.1) is 20.4 Å². The molecule has 2 N–H and O–H groups in total. The predicted octanol–water partition coefficient (Wildman–Crippen LogP) is 1.58. The number of benzene rings is 2. The number of rotatable bonds is 7. The number of aliphatic hydroxyl groups is 1. The van der Waals surface area contributed by atoms with E-state index in [-0.39, 0.29) is 35.4 Å². The maximum Gasteiger partial charge on any atom is 0.285 e. The molecule has 0 radical (unpaired) electrons. The molecule has 0 fully saturated rings. The van der Waals surface area contributed by atoms with Gasteiger partial charge in [0.1, 0.15) is 10.6 Å². The first kappa shape index (κ1) is 20.6. The van der Waals surface area contributed by atoms with Gasteiger partial charge in [0.2, 0.25) is 0 Å². The Labute approximate surface area is 168 Å². The van der Waals surface area contributed by atoms with Gasteiger partial charge in [-0.05, 0) is 48.4 Å². The van der Waals surface area contributed by atoms with Crippen LogP contribution >= 0.6 is 0 Å². The highest BCUT2D eigenvalue weighted by Gasteiger charge is 2.32. The second-order valence-electron chi connectivity index (χ2n) is 6.13. The third-order valence-electron chi connectivity index (χ3n) is 4.23. The molecule has 1 heterocycles. The van der Waals surface area contributed by atoms with Crippen molar-refractivity contribution in [2.75, 3.05) is 27.4 Å². The van der Waals surface area contributed by atoms with Crippen LogP contribution in [0.15, 0.2) is 50.8 Å². The van der Waals surface area contributed by atoms with Crippen LogP contribution in [0.1, 0.15) is 17.5 Å². The van der Waals surface area contributed by atoms with E-state index < -0.39 is 10.0 Å². The molecule has 3 rings (SSSR count). The van der Waals surface area contributed by atoms with Crippen LogP contribution < -0.4 is 9.47 Å². The number of hydrogen-bond acceptors (Lipinski definition) is 8. The summed E-state index contributed by atoms with van der Waals surface area (Å²) in [7, 11) is -0.923. The van der Waals surface area contributed by atoms with E-state index in [4.69, 9.17) is 9.47 Å². The zero-order valence-corrected chi connectivity index (χ0v) is 16.8. The maximum atomic E-state index is 12.4. The number of fused-ring (bicyclic) bond motifs is 1. The van der Waals surface area contributed by atoms with E-state index in [0.717, 1.165) is 0 Å². The van der Waals surface area contributed by atoms with Crippen molar-refractivity contribution in [3.05, 3.63) is 47.5 Å². The number of ether oxygens (including phenoxy) is 2. The van der Waals surface area contributed by atoms with Gasteiger partial charge in [0.25, 0.3) is 10.0 Å². The number of aliphatic hydroxyl groups excluding tert-OH is 1. The van der Waals surface area contributed by atoms with E-state index in [9.17, 15) is 18.6 Å². The zero-order valence-electron chi connectivity index (χ0n) is 15.9. The van der Waals surface area contributed by atoms with Crippen LogP contribution in [-0.2, 0) is 10.0 Å². The molecule has 0 aliphatic carbocycles. The van der Waals surface area contributed by atoms with Gasteiger partial charge in [-0.1, -0.05) is 0 Å². The summed E-state index contributed by atoms with van der Waals surface area (Å²) >= 11 is 0. The number of amidine groups is 1. The standard InChI is InChI=1S/C19H21N3O6S/c1-27-14-5-7-18-15(11-14)19(21-29(18,25)26)22(8-3-9-23)20-12-13-4-6-16(24)17(10-13)28-2/h4-7,10-12,23-24H,3,8-9H2,1-2H3. The summed E-state index contributed by atoms with van der Waals surface area (Å²) in [6, 6.07) is 9.28. The summed E-state index contributed by atoms with van der Waals surface area (Å²) < 4.78 is 39.0. The molecule has 9 nitrogen and oxygen atoms in total. The molecule has 0 aromatic heterocycles. The molecule has 0 saturated carbocycles. The second-order valence-corrected chi connectivity index (χ2v) is 7.70. The van der Waals surface area contributed by atoms with Crippen molar-refractivity contribution in [3.8, 4) is 17.2 Å². The average molecular weight is 419 g/mol. The van der Waals surface area contributed by atoms with E-state index in [1.807, 2.05) is 0 Å². The number of phenolic OH excluding ortho intramolecular Hbond substituents is 1. The minimum Gasteiger partial charge on any atom is -0.504 e. The highest BCUT2D eigenvalue weighted by molar-refractivity contribution is 7.90. The number of aromatic hydroxyl groups is 1. The van der Waals surface area contributed by atoms with Gasteiger partial charge in [-0.2, -0.15) is 13.5 Å². The first-order valence-electron chi connectivity index (χ1n) is 8.72. The van der Waals surface area contributed by atoms with Crippen molar-refractivity contribution in [3.63, 3.8) is 0 Å². The predicted molar refractivity (Wildman–Crippen MR) is 107 cm³/mol. The lowest BCUT2D eigenvalue weighted by Crippen LogP contribution is -2.27. The summed E-state index contributed by atoms with van der Waals surface area (Å²) in [5.74, 6) is 0.915. The van der Waals surface area contributed by atoms with Crippen molar-refractivity contribution in [2.24, 2.45) is 9.50 Å². The Hall–Kier alpha value is -3.11. The quantitative estimate of drug-likeness (QED) is 0.516. The van der Waals surface area contributed by atoms with Crippen LogP contribution in [0.4, 0.5) is 0 Å². The number of hydrogen-bond donors (Lipinski definition) is 2. The van der Waals surface area contributed by atoms with E-state index in [2.05, 4.69) is 9.50 Å². The van der Waals surface area contributed by atoms with Gasteiger partial charge in [-0.15, -0.1) is 4.40 Å². The second kappa shape index (κ2) is 8.50. The molecule has 0 amide bonds. The molecule has 0 atom stereocenters. The molecule has 2 aromatic carbocycles.